The first-order chi connectivity index (χ1) is 8.04. The largest absolute Gasteiger partial charge is 0.387 e. The third kappa shape index (κ3) is 3.30. The third-order valence-electron chi connectivity index (χ3n) is 3.57. The van der Waals surface area contributed by atoms with Gasteiger partial charge in [0.15, 0.2) is 0 Å². The van der Waals surface area contributed by atoms with Crippen molar-refractivity contribution in [2.75, 3.05) is 19.6 Å². The average Bonchev–Trinajstić information content (AvgIpc) is 2.62. The molecule has 2 heteroatoms. The minimum absolute atomic E-state index is 0.348. The minimum atomic E-state index is -0.348. The van der Waals surface area contributed by atoms with E-state index in [1.807, 2.05) is 0 Å². The fraction of sp³-hybridized carbons (Fsp3) is 0.600. The molecule has 1 aromatic rings. The molecule has 1 aliphatic heterocycles. The lowest BCUT2D eigenvalue weighted by molar-refractivity contribution is 0.124. The van der Waals surface area contributed by atoms with Gasteiger partial charge in [0, 0.05) is 13.1 Å². The molecule has 1 saturated heterocycles. The summed E-state index contributed by atoms with van der Waals surface area (Å²) < 4.78 is 0. The number of rotatable bonds is 3. The zero-order valence-electron chi connectivity index (χ0n) is 11.1. The number of aliphatic hydroxyl groups excluding tert-OH is 1. The van der Waals surface area contributed by atoms with Crippen LogP contribution in [0.1, 0.15) is 36.1 Å². The molecule has 2 unspecified atom stereocenters. The van der Waals surface area contributed by atoms with Gasteiger partial charge >= 0.3 is 0 Å². The topological polar surface area (TPSA) is 23.5 Å². The van der Waals surface area contributed by atoms with Gasteiger partial charge in [-0.25, -0.2) is 0 Å². The van der Waals surface area contributed by atoms with E-state index in [9.17, 15) is 5.11 Å². The lowest BCUT2D eigenvalue weighted by atomic mass is 10.0. The molecule has 0 radical (unpaired) electrons. The molecule has 0 saturated carbocycles. The maximum Gasteiger partial charge on any atom is 0.0917 e. The molecule has 0 aromatic heterocycles. The van der Waals surface area contributed by atoms with Crippen molar-refractivity contribution in [3.05, 3.63) is 34.9 Å². The number of aliphatic hydroxyl groups is 1. The summed E-state index contributed by atoms with van der Waals surface area (Å²) in [5.41, 5.74) is 3.52. The van der Waals surface area contributed by atoms with E-state index in [4.69, 9.17) is 0 Å². The van der Waals surface area contributed by atoms with Crippen molar-refractivity contribution in [3.8, 4) is 0 Å². The van der Waals surface area contributed by atoms with Gasteiger partial charge in [0.1, 0.15) is 0 Å². The Morgan fingerprint density at radius 1 is 1.29 bits per heavy atom. The molecule has 0 bridgehead atoms. The summed E-state index contributed by atoms with van der Waals surface area (Å²) in [5.74, 6) is 0.779. The van der Waals surface area contributed by atoms with Crippen molar-refractivity contribution in [2.45, 2.75) is 33.3 Å². The zero-order valence-corrected chi connectivity index (χ0v) is 11.1. The Morgan fingerprint density at radius 2 is 1.94 bits per heavy atom. The SMILES string of the molecule is Cc1cc(C)cc(C(O)CN2CCC(C)C2)c1. The highest BCUT2D eigenvalue weighted by atomic mass is 16.3. The van der Waals surface area contributed by atoms with E-state index in [-0.39, 0.29) is 6.10 Å². The van der Waals surface area contributed by atoms with Crippen molar-refractivity contribution in [1.82, 2.24) is 4.90 Å². The van der Waals surface area contributed by atoms with E-state index in [1.54, 1.807) is 0 Å². The van der Waals surface area contributed by atoms with Gasteiger partial charge in [0.05, 0.1) is 6.10 Å². The summed E-state index contributed by atoms with van der Waals surface area (Å²) >= 11 is 0. The van der Waals surface area contributed by atoms with Crippen LogP contribution >= 0.6 is 0 Å². The van der Waals surface area contributed by atoms with Crippen LogP contribution in [0, 0.1) is 19.8 Å². The van der Waals surface area contributed by atoms with Crippen LogP contribution in [0.25, 0.3) is 0 Å². The number of likely N-dealkylation sites (tertiary alicyclic amines) is 1. The molecule has 1 aromatic carbocycles. The Kier molecular flexibility index (Phi) is 3.85. The second-order valence-electron chi connectivity index (χ2n) is 5.59. The lowest BCUT2D eigenvalue weighted by Gasteiger charge is -2.20. The highest BCUT2D eigenvalue weighted by molar-refractivity contribution is 5.30. The van der Waals surface area contributed by atoms with Crippen molar-refractivity contribution < 1.29 is 5.11 Å². The maximum absolute atomic E-state index is 10.3. The van der Waals surface area contributed by atoms with Crippen LogP contribution in [0.2, 0.25) is 0 Å². The molecule has 1 N–H and O–H groups in total. The van der Waals surface area contributed by atoms with E-state index < -0.39 is 0 Å². The molecule has 1 fully saturated rings. The number of β-amino-alcohol motifs (C(OH)–C–C–N with tert-alkyl or cyclic N) is 1. The first kappa shape index (κ1) is 12.6. The van der Waals surface area contributed by atoms with Gasteiger partial charge in [-0.05, 0) is 38.3 Å². The summed E-state index contributed by atoms with van der Waals surface area (Å²) in [6.45, 7) is 9.48. The first-order valence-electron chi connectivity index (χ1n) is 6.53. The quantitative estimate of drug-likeness (QED) is 0.867. The molecule has 2 atom stereocenters. The Hall–Kier alpha value is -0.860. The molecule has 2 rings (SSSR count). The van der Waals surface area contributed by atoms with E-state index in [2.05, 4.69) is 43.9 Å². The number of hydrogen-bond donors (Lipinski definition) is 1. The van der Waals surface area contributed by atoms with Gasteiger partial charge in [0.2, 0.25) is 0 Å². The molecular weight excluding hydrogens is 210 g/mol. The summed E-state index contributed by atoms with van der Waals surface area (Å²) in [6.07, 6.45) is 0.915. The Labute approximate surface area is 104 Å². The molecular formula is C15H23NO. The van der Waals surface area contributed by atoms with Gasteiger partial charge < -0.3 is 10.0 Å². The van der Waals surface area contributed by atoms with Gasteiger partial charge in [-0.3, -0.25) is 0 Å². The summed E-state index contributed by atoms with van der Waals surface area (Å²) in [7, 11) is 0. The van der Waals surface area contributed by atoms with Gasteiger partial charge in [-0.15, -0.1) is 0 Å². The fourth-order valence-corrected chi connectivity index (χ4v) is 2.74. The van der Waals surface area contributed by atoms with Crippen LogP contribution in [0.4, 0.5) is 0 Å². The van der Waals surface area contributed by atoms with Crippen molar-refractivity contribution in [3.63, 3.8) is 0 Å². The standard InChI is InChI=1S/C15H23NO/c1-11-4-5-16(9-11)10-15(17)14-7-12(2)6-13(3)8-14/h6-8,11,15,17H,4-5,9-10H2,1-3H3. The minimum Gasteiger partial charge on any atom is -0.387 e. The zero-order chi connectivity index (χ0) is 12.4. The second kappa shape index (κ2) is 5.19. The molecule has 0 spiro atoms. The monoisotopic (exact) mass is 233 g/mol. The van der Waals surface area contributed by atoms with E-state index in [0.717, 1.165) is 31.1 Å². The molecule has 17 heavy (non-hydrogen) atoms. The molecule has 0 amide bonds. The molecule has 1 aliphatic rings. The normalized spacial score (nSPS) is 22.9. The highest BCUT2D eigenvalue weighted by Crippen LogP contribution is 2.21. The Bertz CT molecular complexity index is 368. The highest BCUT2D eigenvalue weighted by Gasteiger charge is 2.21. The molecule has 1 heterocycles. The predicted molar refractivity (Wildman–Crippen MR) is 71.1 cm³/mol. The van der Waals surface area contributed by atoms with E-state index in [1.165, 1.54) is 17.5 Å². The molecule has 0 aliphatic carbocycles. The van der Waals surface area contributed by atoms with E-state index in [0.29, 0.717) is 0 Å². The van der Waals surface area contributed by atoms with Crippen LogP contribution in [0.15, 0.2) is 18.2 Å². The van der Waals surface area contributed by atoms with E-state index >= 15 is 0 Å². The summed E-state index contributed by atoms with van der Waals surface area (Å²) in [5, 5.41) is 10.3. The fourth-order valence-electron chi connectivity index (χ4n) is 2.74. The molecule has 94 valence electrons. The van der Waals surface area contributed by atoms with Crippen molar-refractivity contribution in [2.24, 2.45) is 5.92 Å². The Balaban J connectivity index is 2.01. The van der Waals surface area contributed by atoms with Gasteiger partial charge in [-0.2, -0.15) is 0 Å². The number of hydrogen-bond acceptors (Lipinski definition) is 2. The van der Waals surface area contributed by atoms with Crippen LogP contribution < -0.4 is 0 Å². The van der Waals surface area contributed by atoms with Crippen LogP contribution in [-0.4, -0.2) is 29.6 Å². The maximum atomic E-state index is 10.3. The van der Waals surface area contributed by atoms with Crippen LogP contribution in [-0.2, 0) is 0 Å². The smallest absolute Gasteiger partial charge is 0.0917 e. The van der Waals surface area contributed by atoms with Gasteiger partial charge in [0.25, 0.3) is 0 Å². The van der Waals surface area contributed by atoms with Crippen LogP contribution in [0.3, 0.4) is 0 Å². The average molecular weight is 233 g/mol. The summed E-state index contributed by atoms with van der Waals surface area (Å²) in [6, 6.07) is 6.34. The van der Waals surface area contributed by atoms with Crippen molar-refractivity contribution in [1.29, 1.82) is 0 Å². The van der Waals surface area contributed by atoms with Crippen LogP contribution in [0.5, 0.6) is 0 Å². The van der Waals surface area contributed by atoms with Gasteiger partial charge in [-0.1, -0.05) is 36.2 Å². The van der Waals surface area contributed by atoms with Crippen molar-refractivity contribution >= 4 is 0 Å². The predicted octanol–water partition coefficient (Wildman–Crippen LogP) is 2.68. The number of aryl methyl sites for hydroxylation is 2. The number of benzene rings is 1. The third-order valence-corrected chi connectivity index (χ3v) is 3.57. The first-order valence-corrected chi connectivity index (χ1v) is 6.53. The molecule has 2 nitrogen and oxygen atoms in total. The summed E-state index contributed by atoms with van der Waals surface area (Å²) in [4.78, 5) is 2.37. The lowest BCUT2D eigenvalue weighted by Crippen LogP contribution is -2.26. The Morgan fingerprint density at radius 3 is 2.47 bits per heavy atom. The number of nitrogens with zero attached hydrogens (tertiary/aromatic N) is 1. The second-order valence-corrected chi connectivity index (χ2v) is 5.59.